The Kier molecular flexibility index (Phi) is 4.80. The van der Waals surface area contributed by atoms with E-state index in [2.05, 4.69) is 15.3 Å². The Morgan fingerprint density at radius 1 is 1.48 bits per heavy atom. The SMILES string of the molecule is COC(=O)c1nc(-c2cnc(Cl)cc2NC(C)C)sc1C. The second-order valence-corrected chi connectivity index (χ2v) is 6.36. The summed E-state index contributed by atoms with van der Waals surface area (Å²) in [7, 11) is 1.34. The first-order valence-corrected chi connectivity index (χ1v) is 7.60. The van der Waals surface area contributed by atoms with E-state index in [4.69, 9.17) is 16.3 Å². The summed E-state index contributed by atoms with van der Waals surface area (Å²) in [6, 6.07) is 1.99. The number of ether oxygens (including phenoxy) is 1. The fraction of sp³-hybridized carbons (Fsp3) is 0.357. The summed E-state index contributed by atoms with van der Waals surface area (Å²) in [6.45, 7) is 5.91. The van der Waals surface area contributed by atoms with Crippen LogP contribution >= 0.6 is 22.9 Å². The molecule has 112 valence electrons. The Balaban J connectivity index is 2.49. The van der Waals surface area contributed by atoms with Crippen molar-refractivity contribution in [1.29, 1.82) is 0 Å². The van der Waals surface area contributed by atoms with Crippen LogP contribution in [-0.4, -0.2) is 29.1 Å². The largest absolute Gasteiger partial charge is 0.464 e. The van der Waals surface area contributed by atoms with Gasteiger partial charge in [0, 0.05) is 22.8 Å². The van der Waals surface area contributed by atoms with Gasteiger partial charge in [-0.2, -0.15) is 0 Å². The van der Waals surface area contributed by atoms with Crippen LogP contribution in [0.1, 0.15) is 29.2 Å². The number of rotatable bonds is 4. The molecule has 0 aliphatic carbocycles. The van der Waals surface area contributed by atoms with Gasteiger partial charge in [-0.25, -0.2) is 14.8 Å². The van der Waals surface area contributed by atoms with Crippen LogP contribution in [0.3, 0.4) is 0 Å². The summed E-state index contributed by atoms with van der Waals surface area (Å²) in [6.07, 6.45) is 1.66. The number of carbonyl (C=O) groups is 1. The summed E-state index contributed by atoms with van der Waals surface area (Å²) in [5.74, 6) is -0.435. The predicted molar refractivity (Wildman–Crippen MR) is 85.2 cm³/mol. The summed E-state index contributed by atoms with van der Waals surface area (Å²) in [5.41, 5.74) is 1.99. The Morgan fingerprint density at radius 3 is 2.81 bits per heavy atom. The topological polar surface area (TPSA) is 64.1 Å². The van der Waals surface area contributed by atoms with E-state index in [1.165, 1.54) is 18.4 Å². The molecule has 0 atom stereocenters. The molecule has 2 aromatic heterocycles. The standard InChI is InChI=1S/C14H16ClN3O2S/c1-7(2)17-10-5-11(15)16-6-9(10)13-18-12(8(3)21-13)14(19)20-4/h5-7H,1-4H3,(H,16,17). The molecule has 21 heavy (non-hydrogen) atoms. The van der Waals surface area contributed by atoms with Crippen molar-refractivity contribution in [2.24, 2.45) is 0 Å². The third-order valence-corrected chi connectivity index (χ3v) is 3.93. The molecule has 0 saturated heterocycles. The van der Waals surface area contributed by atoms with Crippen LogP contribution in [0, 0.1) is 6.92 Å². The number of hydrogen-bond acceptors (Lipinski definition) is 6. The van der Waals surface area contributed by atoms with Gasteiger partial charge in [-0.3, -0.25) is 0 Å². The van der Waals surface area contributed by atoms with Crippen LogP contribution in [0.15, 0.2) is 12.3 Å². The summed E-state index contributed by atoms with van der Waals surface area (Å²) < 4.78 is 4.73. The zero-order chi connectivity index (χ0) is 15.6. The van der Waals surface area contributed by atoms with E-state index < -0.39 is 5.97 Å². The van der Waals surface area contributed by atoms with Crippen LogP contribution in [-0.2, 0) is 4.74 Å². The molecule has 1 N–H and O–H groups in total. The molecule has 0 spiro atoms. The van der Waals surface area contributed by atoms with Crippen molar-refractivity contribution in [2.75, 3.05) is 12.4 Å². The lowest BCUT2D eigenvalue weighted by molar-refractivity contribution is 0.0594. The molecule has 7 heteroatoms. The first kappa shape index (κ1) is 15.7. The molecule has 0 saturated carbocycles. The second kappa shape index (κ2) is 6.41. The number of pyridine rings is 1. The number of carbonyl (C=O) groups excluding carboxylic acids is 1. The van der Waals surface area contributed by atoms with E-state index >= 15 is 0 Å². The van der Waals surface area contributed by atoms with E-state index in [0.29, 0.717) is 15.9 Å². The third kappa shape index (κ3) is 3.51. The van der Waals surface area contributed by atoms with E-state index in [1.807, 2.05) is 20.8 Å². The number of thiazole rings is 1. The average molecular weight is 326 g/mol. The molecule has 0 bridgehead atoms. The van der Waals surface area contributed by atoms with Crippen LogP contribution in [0.2, 0.25) is 5.15 Å². The zero-order valence-electron chi connectivity index (χ0n) is 12.2. The number of aromatic nitrogens is 2. The van der Waals surface area contributed by atoms with E-state index in [-0.39, 0.29) is 6.04 Å². The first-order chi connectivity index (χ1) is 9.92. The van der Waals surface area contributed by atoms with E-state index in [9.17, 15) is 4.79 Å². The lowest BCUT2D eigenvalue weighted by Gasteiger charge is -2.13. The van der Waals surface area contributed by atoms with Gasteiger partial charge in [-0.1, -0.05) is 11.6 Å². The van der Waals surface area contributed by atoms with Crippen molar-refractivity contribution >= 4 is 34.6 Å². The van der Waals surface area contributed by atoms with Crippen LogP contribution in [0.25, 0.3) is 10.6 Å². The van der Waals surface area contributed by atoms with E-state index in [1.54, 1.807) is 12.3 Å². The van der Waals surface area contributed by atoms with Crippen molar-refractivity contribution in [3.63, 3.8) is 0 Å². The summed E-state index contributed by atoms with van der Waals surface area (Å²) >= 11 is 7.38. The number of esters is 1. The molecule has 0 amide bonds. The maximum atomic E-state index is 11.7. The smallest absolute Gasteiger partial charge is 0.357 e. The molecule has 2 aromatic rings. The minimum absolute atomic E-state index is 0.239. The number of anilines is 1. The highest BCUT2D eigenvalue weighted by molar-refractivity contribution is 7.15. The summed E-state index contributed by atoms with van der Waals surface area (Å²) in [5, 5.41) is 4.43. The zero-order valence-corrected chi connectivity index (χ0v) is 13.8. The Morgan fingerprint density at radius 2 is 2.19 bits per heavy atom. The number of nitrogens with one attached hydrogen (secondary N) is 1. The van der Waals surface area contributed by atoms with Gasteiger partial charge >= 0.3 is 5.97 Å². The molecule has 0 unspecified atom stereocenters. The van der Waals surface area contributed by atoms with Crippen molar-refractivity contribution in [3.8, 4) is 10.6 Å². The Bertz CT molecular complexity index is 670. The molecule has 0 radical (unpaired) electrons. The number of halogens is 1. The van der Waals surface area contributed by atoms with Crippen LogP contribution in [0.4, 0.5) is 5.69 Å². The van der Waals surface area contributed by atoms with Gasteiger partial charge in [-0.15, -0.1) is 11.3 Å². The van der Waals surface area contributed by atoms with Gasteiger partial charge in [0.25, 0.3) is 0 Å². The van der Waals surface area contributed by atoms with Gasteiger partial charge in [-0.05, 0) is 26.8 Å². The minimum atomic E-state index is -0.435. The predicted octanol–water partition coefficient (Wildman–Crippen LogP) is 3.77. The average Bonchev–Trinajstić information content (AvgIpc) is 2.79. The molecule has 2 heterocycles. The van der Waals surface area contributed by atoms with Gasteiger partial charge < -0.3 is 10.1 Å². The maximum absolute atomic E-state index is 11.7. The van der Waals surface area contributed by atoms with Gasteiger partial charge in [0.2, 0.25) is 0 Å². The highest BCUT2D eigenvalue weighted by Crippen LogP contribution is 2.34. The molecular formula is C14H16ClN3O2S. The van der Waals surface area contributed by atoms with Crippen molar-refractivity contribution < 1.29 is 9.53 Å². The molecule has 5 nitrogen and oxygen atoms in total. The van der Waals surface area contributed by atoms with E-state index in [0.717, 1.165) is 16.1 Å². The maximum Gasteiger partial charge on any atom is 0.357 e. The normalized spacial score (nSPS) is 10.8. The Hall–Kier alpha value is -1.66. The lowest BCUT2D eigenvalue weighted by atomic mass is 10.2. The van der Waals surface area contributed by atoms with Crippen LogP contribution < -0.4 is 5.32 Å². The molecular weight excluding hydrogens is 310 g/mol. The van der Waals surface area contributed by atoms with Crippen molar-refractivity contribution in [1.82, 2.24) is 9.97 Å². The molecule has 0 fully saturated rings. The number of aryl methyl sites for hydroxylation is 1. The van der Waals surface area contributed by atoms with Crippen molar-refractivity contribution in [3.05, 3.63) is 28.0 Å². The number of hydrogen-bond donors (Lipinski definition) is 1. The fourth-order valence-corrected chi connectivity index (χ4v) is 2.91. The number of methoxy groups -OCH3 is 1. The molecule has 0 aliphatic heterocycles. The van der Waals surface area contributed by atoms with Crippen molar-refractivity contribution in [2.45, 2.75) is 26.8 Å². The quantitative estimate of drug-likeness (QED) is 0.684. The summed E-state index contributed by atoms with van der Waals surface area (Å²) in [4.78, 5) is 20.9. The Labute approximate surface area is 132 Å². The minimum Gasteiger partial charge on any atom is -0.464 e. The third-order valence-electron chi connectivity index (χ3n) is 2.72. The molecule has 0 aliphatic rings. The monoisotopic (exact) mass is 325 g/mol. The number of nitrogens with zero attached hydrogens (tertiary/aromatic N) is 2. The van der Waals surface area contributed by atoms with Crippen LogP contribution in [0.5, 0.6) is 0 Å². The van der Waals surface area contributed by atoms with Gasteiger partial charge in [0.05, 0.1) is 12.7 Å². The van der Waals surface area contributed by atoms with Gasteiger partial charge in [0.15, 0.2) is 5.69 Å². The second-order valence-electron chi connectivity index (χ2n) is 4.77. The highest BCUT2D eigenvalue weighted by atomic mass is 35.5. The fourth-order valence-electron chi connectivity index (χ4n) is 1.83. The lowest BCUT2D eigenvalue weighted by Crippen LogP contribution is -2.10. The molecule has 0 aromatic carbocycles. The molecule has 2 rings (SSSR count). The van der Waals surface area contributed by atoms with Gasteiger partial charge in [0.1, 0.15) is 10.2 Å². The first-order valence-electron chi connectivity index (χ1n) is 6.40. The highest BCUT2D eigenvalue weighted by Gasteiger charge is 2.19.